The van der Waals surface area contributed by atoms with Crippen LogP contribution in [-0.4, -0.2) is 29.9 Å². The molecule has 3 aromatic rings. The number of amides is 2. The molecule has 1 aliphatic rings. The third-order valence-corrected chi connectivity index (χ3v) is 5.50. The van der Waals surface area contributed by atoms with Crippen molar-refractivity contribution >= 4 is 23.1 Å². The number of hydrogen-bond donors (Lipinski definition) is 1. The first-order valence-electron chi connectivity index (χ1n) is 11.2. The fraction of sp³-hybridized carbons (Fsp3) is 0.214. The van der Waals surface area contributed by atoms with Gasteiger partial charge in [0.05, 0.1) is 25.3 Å². The Morgan fingerprint density at radius 3 is 2.03 bits per heavy atom. The van der Waals surface area contributed by atoms with Crippen LogP contribution < -0.4 is 14.8 Å². The molecule has 0 unspecified atom stereocenters. The fourth-order valence-electron chi connectivity index (χ4n) is 3.77. The van der Waals surface area contributed by atoms with E-state index in [9.17, 15) is 9.59 Å². The maximum Gasteiger partial charge on any atom is 0.278 e. The average molecular weight is 457 g/mol. The summed E-state index contributed by atoms with van der Waals surface area (Å²) in [6.07, 6.45) is 0.0626. The SMILES string of the molecule is COc1ccc(C2=C(Nc3ccc(OC(C)C)cc3)C(=O)N(Cc3ccc(C)cc3)C2=O)cc1. The van der Waals surface area contributed by atoms with Crippen molar-refractivity contribution in [2.24, 2.45) is 0 Å². The van der Waals surface area contributed by atoms with Crippen LogP contribution in [0.3, 0.4) is 0 Å². The minimum atomic E-state index is -0.362. The number of rotatable bonds is 8. The Hall–Kier alpha value is -4.06. The highest BCUT2D eigenvalue weighted by molar-refractivity contribution is 6.36. The van der Waals surface area contributed by atoms with E-state index in [1.807, 2.05) is 69.3 Å². The monoisotopic (exact) mass is 456 g/mol. The minimum absolute atomic E-state index is 0.0626. The Labute approximate surface area is 199 Å². The average Bonchev–Trinajstić information content (AvgIpc) is 3.05. The van der Waals surface area contributed by atoms with Gasteiger partial charge in [-0.25, -0.2) is 0 Å². The van der Waals surface area contributed by atoms with Gasteiger partial charge in [0.1, 0.15) is 17.2 Å². The van der Waals surface area contributed by atoms with Gasteiger partial charge in [-0.2, -0.15) is 0 Å². The number of carbonyl (C=O) groups excluding carboxylic acids is 2. The molecule has 0 bridgehead atoms. The summed E-state index contributed by atoms with van der Waals surface area (Å²) in [5.41, 5.74) is 3.93. The van der Waals surface area contributed by atoms with E-state index in [4.69, 9.17) is 9.47 Å². The van der Waals surface area contributed by atoms with Gasteiger partial charge >= 0.3 is 0 Å². The predicted octanol–water partition coefficient (Wildman–Crippen LogP) is 5.18. The Morgan fingerprint density at radius 2 is 1.44 bits per heavy atom. The molecule has 174 valence electrons. The molecular formula is C28H28N2O4. The van der Waals surface area contributed by atoms with E-state index < -0.39 is 0 Å². The largest absolute Gasteiger partial charge is 0.497 e. The summed E-state index contributed by atoms with van der Waals surface area (Å²) < 4.78 is 10.9. The van der Waals surface area contributed by atoms with Crippen LogP contribution in [0.2, 0.25) is 0 Å². The highest BCUT2D eigenvalue weighted by atomic mass is 16.5. The molecule has 3 aromatic carbocycles. The minimum Gasteiger partial charge on any atom is -0.497 e. The molecule has 0 saturated heterocycles. The summed E-state index contributed by atoms with van der Waals surface area (Å²) in [7, 11) is 1.58. The molecule has 1 aliphatic heterocycles. The van der Waals surface area contributed by atoms with Crippen LogP contribution in [-0.2, 0) is 16.1 Å². The number of hydrogen-bond acceptors (Lipinski definition) is 5. The van der Waals surface area contributed by atoms with Crippen molar-refractivity contribution in [3.8, 4) is 11.5 Å². The van der Waals surface area contributed by atoms with Crippen LogP contribution in [0.4, 0.5) is 5.69 Å². The number of benzene rings is 3. The van der Waals surface area contributed by atoms with Gasteiger partial charge in [0, 0.05) is 5.69 Å². The van der Waals surface area contributed by atoms with Crippen LogP contribution in [0.15, 0.2) is 78.5 Å². The van der Waals surface area contributed by atoms with Crippen LogP contribution in [0.25, 0.3) is 5.57 Å². The van der Waals surface area contributed by atoms with Gasteiger partial charge in [-0.05, 0) is 68.3 Å². The standard InChI is InChI=1S/C28H28N2O4/c1-18(2)34-24-15-11-22(12-16-24)29-26-25(21-9-13-23(33-4)14-10-21)27(31)30(28(26)32)17-20-7-5-19(3)6-8-20/h5-16,18,29H,17H2,1-4H3. The summed E-state index contributed by atoms with van der Waals surface area (Å²) in [4.78, 5) is 28.2. The van der Waals surface area contributed by atoms with Crippen LogP contribution in [0.1, 0.15) is 30.5 Å². The maximum absolute atomic E-state index is 13.5. The van der Waals surface area contributed by atoms with E-state index in [1.54, 1.807) is 31.4 Å². The molecule has 6 nitrogen and oxygen atoms in total. The molecule has 0 aromatic heterocycles. The van der Waals surface area contributed by atoms with E-state index in [0.29, 0.717) is 22.6 Å². The van der Waals surface area contributed by atoms with Gasteiger partial charge in [-0.15, -0.1) is 0 Å². The highest BCUT2D eigenvalue weighted by Gasteiger charge is 2.39. The number of methoxy groups -OCH3 is 1. The molecule has 34 heavy (non-hydrogen) atoms. The van der Waals surface area contributed by atoms with E-state index >= 15 is 0 Å². The van der Waals surface area contributed by atoms with E-state index in [0.717, 1.165) is 16.9 Å². The Balaban J connectivity index is 1.67. The van der Waals surface area contributed by atoms with Gasteiger partial charge in [0.2, 0.25) is 0 Å². The van der Waals surface area contributed by atoms with Crippen LogP contribution in [0, 0.1) is 6.92 Å². The number of carbonyl (C=O) groups is 2. The summed E-state index contributed by atoms with van der Waals surface area (Å²) >= 11 is 0. The topological polar surface area (TPSA) is 67.9 Å². The normalized spacial score (nSPS) is 13.6. The second kappa shape index (κ2) is 9.83. The molecule has 0 radical (unpaired) electrons. The molecular weight excluding hydrogens is 428 g/mol. The maximum atomic E-state index is 13.5. The van der Waals surface area contributed by atoms with Crippen molar-refractivity contribution in [1.82, 2.24) is 4.90 Å². The number of nitrogens with zero attached hydrogens (tertiary/aromatic N) is 1. The zero-order chi connectivity index (χ0) is 24.2. The molecule has 1 heterocycles. The summed E-state index contributed by atoms with van der Waals surface area (Å²) in [6.45, 7) is 6.12. The number of imide groups is 1. The number of anilines is 1. The van der Waals surface area contributed by atoms with Crippen molar-refractivity contribution in [2.45, 2.75) is 33.4 Å². The fourth-order valence-corrected chi connectivity index (χ4v) is 3.77. The smallest absolute Gasteiger partial charge is 0.278 e. The lowest BCUT2D eigenvalue weighted by atomic mass is 10.0. The third-order valence-electron chi connectivity index (χ3n) is 5.50. The number of ether oxygens (including phenoxy) is 2. The van der Waals surface area contributed by atoms with Gasteiger partial charge < -0.3 is 14.8 Å². The van der Waals surface area contributed by atoms with Gasteiger partial charge in [-0.1, -0.05) is 42.0 Å². The number of nitrogens with one attached hydrogen (secondary N) is 1. The molecule has 2 amide bonds. The van der Waals surface area contributed by atoms with Crippen molar-refractivity contribution < 1.29 is 19.1 Å². The third kappa shape index (κ3) is 4.96. The van der Waals surface area contributed by atoms with Crippen molar-refractivity contribution in [2.75, 3.05) is 12.4 Å². The lowest BCUT2D eigenvalue weighted by Crippen LogP contribution is -2.32. The molecule has 0 atom stereocenters. The summed E-state index contributed by atoms with van der Waals surface area (Å²) in [5.74, 6) is 0.713. The zero-order valence-electron chi connectivity index (χ0n) is 19.8. The first-order chi connectivity index (χ1) is 16.4. The Kier molecular flexibility index (Phi) is 6.68. The van der Waals surface area contributed by atoms with Gasteiger partial charge in [-0.3, -0.25) is 14.5 Å². The summed E-state index contributed by atoms with van der Waals surface area (Å²) in [6, 6.07) is 22.3. The second-order valence-electron chi connectivity index (χ2n) is 8.48. The first-order valence-corrected chi connectivity index (χ1v) is 11.2. The Bertz CT molecular complexity index is 1210. The van der Waals surface area contributed by atoms with E-state index in [1.165, 1.54) is 4.90 Å². The van der Waals surface area contributed by atoms with Crippen molar-refractivity contribution in [3.63, 3.8) is 0 Å². The lowest BCUT2D eigenvalue weighted by molar-refractivity contribution is -0.137. The van der Waals surface area contributed by atoms with Gasteiger partial charge in [0.25, 0.3) is 11.8 Å². The Morgan fingerprint density at radius 1 is 0.824 bits per heavy atom. The van der Waals surface area contributed by atoms with Crippen LogP contribution >= 0.6 is 0 Å². The van der Waals surface area contributed by atoms with E-state index in [-0.39, 0.29) is 30.2 Å². The predicted molar refractivity (Wildman–Crippen MR) is 132 cm³/mol. The zero-order valence-corrected chi connectivity index (χ0v) is 19.8. The first kappa shape index (κ1) is 23.1. The molecule has 6 heteroatoms. The van der Waals surface area contributed by atoms with Crippen LogP contribution in [0.5, 0.6) is 11.5 Å². The van der Waals surface area contributed by atoms with E-state index in [2.05, 4.69) is 5.32 Å². The molecule has 0 spiro atoms. The van der Waals surface area contributed by atoms with Crippen molar-refractivity contribution in [1.29, 1.82) is 0 Å². The highest BCUT2D eigenvalue weighted by Crippen LogP contribution is 2.32. The molecule has 1 N–H and O–H groups in total. The second-order valence-corrected chi connectivity index (χ2v) is 8.48. The molecule has 4 rings (SSSR count). The summed E-state index contributed by atoms with van der Waals surface area (Å²) in [5, 5.41) is 3.18. The van der Waals surface area contributed by atoms with Crippen molar-refractivity contribution in [3.05, 3.63) is 95.2 Å². The number of aryl methyl sites for hydroxylation is 1. The van der Waals surface area contributed by atoms with Gasteiger partial charge in [0.15, 0.2) is 0 Å². The molecule has 0 saturated carbocycles. The molecule has 0 aliphatic carbocycles. The lowest BCUT2D eigenvalue weighted by Gasteiger charge is -2.16. The quantitative estimate of drug-likeness (QED) is 0.473. The molecule has 0 fully saturated rings.